The topological polar surface area (TPSA) is 78.2 Å². The van der Waals surface area contributed by atoms with Gasteiger partial charge in [0.05, 0.1) is 18.4 Å². The molecule has 0 aliphatic heterocycles. The predicted molar refractivity (Wildman–Crippen MR) is 91.4 cm³/mol. The predicted octanol–water partition coefficient (Wildman–Crippen LogP) is 2.18. The van der Waals surface area contributed by atoms with Crippen molar-refractivity contribution in [2.75, 3.05) is 12.4 Å². The monoisotopic (exact) mass is 335 g/mol. The van der Waals surface area contributed by atoms with Crippen molar-refractivity contribution in [3.63, 3.8) is 0 Å². The number of carbonyl (C=O) groups excluding carboxylic acids is 1. The molecule has 0 saturated carbocycles. The van der Waals surface area contributed by atoms with E-state index >= 15 is 0 Å². The molecule has 2 aromatic carbocycles. The van der Waals surface area contributed by atoms with Crippen LogP contribution < -0.4 is 15.1 Å². The molecular weight excluding hydrogens is 318 g/mol. The Morgan fingerprint density at radius 1 is 1.12 bits per heavy atom. The van der Waals surface area contributed by atoms with E-state index in [1.807, 2.05) is 30.3 Å². The van der Waals surface area contributed by atoms with Crippen LogP contribution >= 0.6 is 0 Å². The fourth-order valence-electron chi connectivity index (χ4n) is 2.60. The second-order valence-corrected chi connectivity index (χ2v) is 5.39. The molecular formula is C19H17N3O3. The highest BCUT2D eigenvalue weighted by Gasteiger charge is 2.16. The molecule has 0 aliphatic carbocycles. The van der Waals surface area contributed by atoms with E-state index in [1.54, 1.807) is 31.3 Å². The molecule has 0 fully saturated rings. The van der Waals surface area contributed by atoms with Gasteiger partial charge in [-0.3, -0.25) is 0 Å². The Morgan fingerprint density at radius 2 is 1.80 bits per heavy atom. The minimum Gasteiger partial charge on any atom is -0.868 e. The van der Waals surface area contributed by atoms with Gasteiger partial charge in [0, 0.05) is 10.7 Å². The summed E-state index contributed by atoms with van der Waals surface area (Å²) in [5.41, 5.74) is 2.18. The highest BCUT2D eigenvalue weighted by molar-refractivity contribution is 5.96. The quantitative estimate of drug-likeness (QED) is 0.584. The average Bonchev–Trinajstić information content (AvgIpc) is 2.62. The number of anilines is 2. The Morgan fingerprint density at radius 3 is 2.48 bits per heavy atom. The second kappa shape index (κ2) is 7.00. The summed E-state index contributed by atoms with van der Waals surface area (Å²) in [4.78, 5) is 11.8. The van der Waals surface area contributed by atoms with E-state index in [4.69, 9.17) is 4.74 Å². The molecule has 1 N–H and O–H groups in total. The van der Waals surface area contributed by atoms with Crippen LogP contribution in [-0.2, 0) is 11.8 Å². The number of benzene rings is 2. The summed E-state index contributed by atoms with van der Waals surface area (Å²) < 4.78 is 6.30. The second-order valence-electron chi connectivity index (χ2n) is 5.39. The van der Waals surface area contributed by atoms with Gasteiger partial charge in [0.25, 0.3) is 0 Å². The van der Waals surface area contributed by atoms with Gasteiger partial charge in [0.1, 0.15) is 0 Å². The summed E-state index contributed by atoms with van der Waals surface area (Å²) in [6.45, 7) is 0. The summed E-state index contributed by atoms with van der Waals surface area (Å²) in [5, 5.41) is 19.9. The first-order valence-corrected chi connectivity index (χ1v) is 7.68. The number of rotatable bonds is 4. The number of para-hydroxylation sites is 1. The van der Waals surface area contributed by atoms with Gasteiger partial charge >= 0.3 is 5.97 Å². The van der Waals surface area contributed by atoms with E-state index < -0.39 is 5.97 Å². The maximum atomic E-state index is 12.5. The van der Waals surface area contributed by atoms with E-state index in [2.05, 4.69) is 10.4 Å². The number of carbonyl (C=O) groups is 1. The van der Waals surface area contributed by atoms with Gasteiger partial charge in [0.2, 0.25) is 5.69 Å². The van der Waals surface area contributed by atoms with E-state index in [-0.39, 0.29) is 5.75 Å². The first kappa shape index (κ1) is 16.4. The maximum Gasteiger partial charge on any atom is 0.339 e. The number of aromatic nitrogens is 2. The SMILES string of the molecule is COC(=O)c1ccccc1Nc1cc([O-])c(-c2ccccc2)[n+](C)n1. The zero-order valence-electron chi connectivity index (χ0n) is 13.9. The largest absolute Gasteiger partial charge is 0.868 e. The lowest BCUT2D eigenvalue weighted by Gasteiger charge is -2.13. The summed E-state index contributed by atoms with van der Waals surface area (Å²) >= 11 is 0. The molecule has 0 spiro atoms. The van der Waals surface area contributed by atoms with Crippen LogP contribution in [0.1, 0.15) is 10.4 Å². The van der Waals surface area contributed by atoms with E-state index in [9.17, 15) is 9.90 Å². The van der Waals surface area contributed by atoms with Gasteiger partial charge in [-0.05, 0) is 36.1 Å². The van der Waals surface area contributed by atoms with Crippen molar-refractivity contribution < 1.29 is 19.3 Å². The smallest absolute Gasteiger partial charge is 0.339 e. The normalized spacial score (nSPS) is 10.3. The number of nitrogens with one attached hydrogen (secondary N) is 1. The molecule has 0 atom stereocenters. The number of esters is 1. The van der Waals surface area contributed by atoms with Gasteiger partial charge in [-0.15, -0.1) is 0 Å². The number of hydrogen-bond acceptors (Lipinski definition) is 5. The minimum absolute atomic E-state index is 0.165. The molecule has 3 aromatic rings. The Labute approximate surface area is 145 Å². The molecule has 0 bridgehead atoms. The summed E-state index contributed by atoms with van der Waals surface area (Å²) in [5.74, 6) is -0.277. The molecule has 1 heterocycles. The number of nitrogens with zero attached hydrogens (tertiary/aromatic N) is 2. The number of ether oxygens (including phenoxy) is 1. The lowest BCUT2D eigenvalue weighted by Crippen LogP contribution is -2.37. The minimum atomic E-state index is -0.462. The lowest BCUT2D eigenvalue weighted by atomic mass is 10.1. The molecule has 25 heavy (non-hydrogen) atoms. The fourth-order valence-corrected chi connectivity index (χ4v) is 2.60. The van der Waals surface area contributed by atoms with Crippen LogP contribution in [0.4, 0.5) is 11.5 Å². The fraction of sp³-hybridized carbons (Fsp3) is 0.105. The van der Waals surface area contributed by atoms with Crippen LogP contribution in [-0.4, -0.2) is 18.2 Å². The molecule has 0 amide bonds. The number of methoxy groups -OCH3 is 1. The number of hydrogen-bond donors (Lipinski definition) is 1. The molecule has 1 aromatic heterocycles. The van der Waals surface area contributed by atoms with Crippen LogP contribution in [0, 0.1) is 0 Å². The van der Waals surface area contributed by atoms with Crippen LogP contribution in [0.15, 0.2) is 60.7 Å². The van der Waals surface area contributed by atoms with Crippen LogP contribution in [0.25, 0.3) is 11.3 Å². The Bertz CT molecular complexity index is 888. The highest BCUT2D eigenvalue weighted by Crippen LogP contribution is 2.26. The zero-order valence-corrected chi connectivity index (χ0v) is 13.9. The number of aryl methyl sites for hydroxylation is 1. The van der Waals surface area contributed by atoms with Crippen molar-refractivity contribution in [3.05, 3.63) is 66.2 Å². The molecule has 3 rings (SSSR count). The van der Waals surface area contributed by atoms with Crippen molar-refractivity contribution in [2.24, 2.45) is 7.05 Å². The van der Waals surface area contributed by atoms with Crippen molar-refractivity contribution in [2.45, 2.75) is 0 Å². The molecule has 126 valence electrons. The van der Waals surface area contributed by atoms with E-state index in [1.165, 1.54) is 17.9 Å². The molecule has 0 aliphatic rings. The summed E-state index contributed by atoms with van der Waals surface area (Å²) in [7, 11) is 3.03. The van der Waals surface area contributed by atoms with E-state index in [0.717, 1.165) is 5.56 Å². The standard InChI is InChI=1S/C19H17N3O3/c1-22-18(13-8-4-3-5-9-13)16(23)12-17(21-22)20-15-11-7-6-10-14(15)19(24)25-2/h3-12H,1-2H3,(H-,20,21,23,24). The Kier molecular flexibility index (Phi) is 4.61. The van der Waals surface area contributed by atoms with Gasteiger partial charge in [-0.25, -0.2) is 4.79 Å². The summed E-state index contributed by atoms with van der Waals surface area (Å²) in [6, 6.07) is 17.6. The third kappa shape index (κ3) is 3.42. The third-order valence-corrected chi connectivity index (χ3v) is 3.72. The lowest BCUT2D eigenvalue weighted by molar-refractivity contribution is -0.720. The van der Waals surface area contributed by atoms with Crippen LogP contribution in [0.5, 0.6) is 5.75 Å². The first-order chi connectivity index (χ1) is 12.1. The maximum absolute atomic E-state index is 12.5. The van der Waals surface area contributed by atoms with E-state index in [0.29, 0.717) is 22.8 Å². The zero-order chi connectivity index (χ0) is 17.8. The first-order valence-electron chi connectivity index (χ1n) is 7.68. The van der Waals surface area contributed by atoms with Crippen LogP contribution in [0.2, 0.25) is 0 Å². The summed E-state index contributed by atoms with van der Waals surface area (Å²) in [6.07, 6.45) is 0. The van der Waals surface area contributed by atoms with Crippen molar-refractivity contribution >= 4 is 17.5 Å². The molecule has 0 saturated heterocycles. The highest BCUT2D eigenvalue weighted by atomic mass is 16.5. The Hall–Kier alpha value is -3.41. The van der Waals surface area contributed by atoms with Gasteiger partial charge in [-0.1, -0.05) is 35.0 Å². The van der Waals surface area contributed by atoms with Gasteiger partial charge in [0.15, 0.2) is 12.9 Å². The molecule has 6 nitrogen and oxygen atoms in total. The molecule has 0 unspecified atom stereocenters. The Balaban J connectivity index is 1.97. The van der Waals surface area contributed by atoms with Crippen LogP contribution in [0.3, 0.4) is 0 Å². The molecule has 0 radical (unpaired) electrons. The van der Waals surface area contributed by atoms with Gasteiger partial charge < -0.3 is 15.2 Å². The van der Waals surface area contributed by atoms with Crippen molar-refractivity contribution in [3.8, 4) is 17.0 Å². The average molecular weight is 335 g/mol. The molecule has 6 heteroatoms. The van der Waals surface area contributed by atoms with Crippen molar-refractivity contribution in [1.29, 1.82) is 0 Å². The third-order valence-electron chi connectivity index (χ3n) is 3.72. The van der Waals surface area contributed by atoms with Gasteiger partial charge in [-0.2, -0.15) is 0 Å². The van der Waals surface area contributed by atoms with Crippen molar-refractivity contribution in [1.82, 2.24) is 5.10 Å².